The second-order valence-corrected chi connectivity index (χ2v) is 6.35. The Balaban J connectivity index is 0.00000192. The van der Waals surface area contributed by atoms with E-state index < -0.39 is 0 Å². The lowest BCUT2D eigenvalue weighted by molar-refractivity contribution is -0.143. The van der Waals surface area contributed by atoms with E-state index in [2.05, 4.69) is 0 Å². The Morgan fingerprint density at radius 2 is 1.91 bits per heavy atom. The van der Waals surface area contributed by atoms with Crippen LogP contribution >= 0.6 is 12.4 Å². The standard InChI is InChI=1S/C17H23FN2O2.ClH/c18-14-5-3-13(4-6-14)11-20(10-12-1-2-12)17(21)16-8-7-15(9-19)22-16;/h3-6,12,15-16H,1-2,7-11,19H2;1H/t15-,16+;/m1./s1. The molecule has 1 aromatic carbocycles. The first-order valence-electron chi connectivity index (χ1n) is 8.04. The summed E-state index contributed by atoms with van der Waals surface area (Å²) in [4.78, 5) is 14.6. The lowest BCUT2D eigenvalue weighted by Gasteiger charge is -2.26. The SMILES string of the molecule is Cl.NC[C@H]1CC[C@@H](C(=O)N(Cc2ccc(F)cc2)CC2CC2)O1. The average Bonchev–Trinajstić information content (AvgIpc) is 3.21. The van der Waals surface area contributed by atoms with Gasteiger partial charge in [0, 0.05) is 19.6 Å². The van der Waals surface area contributed by atoms with Crippen molar-refractivity contribution in [1.29, 1.82) is 0 Å². The molecule has 128 valence electrons. The molecule has 3 rings (SSSR count). The number of carbonyl (C=O) groups excluding carboxylic acids is 1. The van der Waals surface area contributed by atoms with Crippen LogP contribution in [0.25, 0.3) is 0 Å². The maximum atomic E-state index is 13.0. The highest BCUT2D eigenvalue weighted by molar-refractivity contribution is 5.85. The lowest BCUT2D eigenvalue weighted by atomic mass is 10.1. The van der Waals surface area contributed by atoms with E-state index in [1.54, 1.807) is 12.1 Å². The number of benzene rings is 1. The molecule has 2 fully saturated rings. The minimum absolute atomic E-state index is 0. The van der Waals surface area contributed by atoms with Crippen LogP contribution in [-0.2, 0) is 16.1 Å². The summed E-state index contributed by atoms with van der Waals surface area (Å²) < 4.78 is 18.8. The average molecular weight is 343 g/mol. The topological polar surface area (TPSA) is 55.6 Å². The fraction of sp³-hybridized carbons (Fsp3) is 0.588. The first kappa shape index (κ1) is 18.2. The van der Waals surface area contributed by atoms with Crippen LogP contribution in [0.15, 0.2) is 24.3 Å². The number of hydrogen-bond donors (Lipinski definition) is 1. The molecule has 2 aliphatic rings. The van der Waals surface area contributed by atoms with Crippen molar-refractivity contribution in [1.82, 2.24) is 4.90 Å². The van der Waals surface area contributed by atoms with Crippen molar-refractivity contribution in [3.63, 3.8) is 0 Å². The van der Waals surface area contributed by atoms with Gasteiger partial charge in [0.25, 0.3) is 5.91 Å². The van der Waals surface area contributed by atoms with Gasteiger partial charge in [-0.05, 0) is 49.3 Å². The van der Waals surface area contributed by atoms with Crippen molar-refractivity contribution in [3.8, 4) is 0 Å². The molecule has 6 heteroatoms. The van der Waals surface area contributed by atoms with Gasteiger partial charge in [-0.3, -0.25) is 4.79 Å². The quantitative estimate of drug-likeness (QED) is 0.864. The second kappa shape index (κ2) is 8.08. The van der Waals surface area contributed by atoms with Crippen molar-refractivity contribution in [3.05, 3.63) is 35.6 Å². The highest BCUT2D eigenvalue weighted by Crippen LogP contribution is 2.31. The number of carbonyl (C=O) groups is 1. The molecule has 2 N–H and O–H groups in total. The number of amides is 1. The molecule has 1 saturated carbocycles. The molecule has 1 saturated heterocycles. The normalized spacial score (nSPS) is 23.4. The van der Waals surface area contributed by atoms with Crippen LogP contribution < -0.4 is 5.73 Å². The van der Waals surface area contributed by atoms with Crippen molar-refractivity contribution in [2.45, 2.75) is 44.4 Å². The fourth-order valence-corrected chi connectivity index (χ4v) is 2.92. The zero-order chi connectivity index (χ0) is 15.5. The van der Waals surface area contributed by atoms with Crippen molar-refractivity contribution in [2.24, 2.45) is 11.7 Å². The smallest absolute Gasteiger partial charge is 0.252 e. The maximum Gasteiger partial charge on any atom is 0.252 e. The van der Waals surface area contributed by atoms with E-state index in [1.807, 2.05) is 4.90 Å². The zero-order valence-electron chi connectivity index (χ0n) is 13.1. The number of hydrogen-bond acceptors (Lipinski definition) is 3. The van der Waals surface area contributed by atoms with Crippen LogP contribution in [0.4, 0.5) is 4.39 Å². The van der Waals surface area contributed by atoms with E-state index in [9.17, 15) is 9.18 Å². The Hall–Kier alpha value is -1.17. The molecule has 1 heterocycles. The molecule has 0 spiro atoms. The largest absolute Gasteiger partial charge is 0.364 e. The first-order valence-corrected chi connectivity index (χ1v) is 8.04. The summed E-state index contributed by atoms with van der Waals surface area (Å²) in [6.45, 7) is 1.75. The van der Waals surface area contributed by atoms with Gasteiger partial charge in [-0.2, -0.15) is 0 Å². The molecular formula is C17H24ClFN2O2. The summed E-state index contributed by atoms with van der Waals surface area (Å²) in [6.07, 6.45) is 3.59. The van der Waals surface area contributed by atoms with Gasteiger partial charge in [-0.1, -0.05) is 12.1 Å². The van der Waals surface area contributed by atoms with Gasteiger partial charge in [0.2, 0.25) is 0 Å². The molecule has 0 aromatic heterocycles. The Labute approximate surface area is 142 Å². The third kappa shape index (κ3) is 4.90. The molecule has 0 radical (unpaired) electrons. The summed E-state index contributed by atoms with van der Waals surface area (Å²) in [5, 5.41) is 0. The molecule has 1 aromatic rings. The van der Waals surface area contributed by atoms with Gasteiger partial charge in [0.05, 0.1) is 6.10 Å². The molecule has 23 heavy (non-hydrogen) atoms. The van der Waals surface area contributed by atoms with Crippen LogP contribution in [0.2, 0.25) is 0 Å². The van der Waals surface area contributed by atoms with Crippen LogP contribution in [0.3, 0.4) is 0 Å². The molecule has 0 bridgehead atoms. The van der Waals surface area contributed by atoms with Gasteiger partial charge in [-0.25, -0.2) is 4.39 Å². The maximum absolute atomic E-state index is 13.0. The minimum Gasteiger partial charge on any atom is -0.364 e. The number of nitrogens with zero attached hydrogens (tertiary/aromatic N) is 1. The second-order valence-electron chi connectivity index (χ2n) is 6.35. The minimum atomic E-state index is -0.368. The highest BCUT2D eigenvalue weighted by Gasteiger charge is 2.35. The third-order valence-electron chi connectivity index (χ3n) is 4.42. The van der Waals surface area contributed by atoms with Crippen molar-refractivity contribution in [2.75, 3.05) is 13.1 Å². The Bertz CT molecular complexity index is 522. The molecule has 1 amide bonds. The Morgan fingerprint density at radius 3 is 2.48 bits per heavy atom. The van der Waals surface area contributed by atoms with Gasteiger partial charge in [0.15, 0.2) is 0 Å². The monoisotopic (exact) mass is 342 g/mol. The van der Waals surface area contributed by atoms with Crippen LogP contribution in [-0.4, -0.2) is 36.1 Å². The molecule has 0 unspecified atom stereocenters. The fourth-order valence-electron chi connectivity index (χ4n) is 2.92. The van der Waals surface area contributed by atoms with Crippen LogP contribution in [0, 0.1) is 11.7 Å². The van der Waals surface area contributed by atoms with Crippen molar-refractivity contribution >= 4 is 18.3 Å². The third-order valence-corrected chi connectivity index (χ3v) is 4.42. The van der Waals surface area contributed by atoms with E-state index in [0.717, 1.165) is 24.9 Å². The van der Waals surface area contributed by atoms with E-state index in [1.165, 1.54) is 25.0 Å². The Kier molecular flexibility index (Phi) is 6.39. The molecule has 2 atom stereocenters. The Morgan fingerprint density at radius 1 is 1.22 bits per heavy atom. The summed E-state index contributed by atoms with van der Waals surface area (Å²) in [5.41, 5.74) is 6.56. The molecular weight excluding hydrogens is 319 g/mol. The number of rotatable bonds is 6. The lowest BCUT2D eigenvalue weighted by Crippen LogP contribution is -2.40. The summed E-state index contributed by atoms with van der Waals surface area (Å²) in [7, 11) is 0. The molecule has 1 aliphatic carbocycles. The highest BCUT2D eigenvalue weighted by atomic mass is 35.5. The zero-order valence-corrected chi connectivity index (χ0v) is 13.9. The number of ether oxygens (including phenoxy) is 1. The molecule has 1 aliphatic heterocycles. The van der Waals surface area contributed by atoms with E-state index in [0.29, 0.717) is 19.0 Å². The van der Waals surface area contributed by atoms with E-state index >= 15 is 0 Å². The van der Waals surface area contributed by atoms with Gasteiger partial charge in [-0.15, -0.1) is 12.4 Å². The predicted octanol–water partition coefficient (Wildman–Crippen LogP) is 2.49. The molecule has 4 nitrogen and oxygen atoms in total. The van der Waals surface area contributed by atoms with Gasteiger partial charge < -0.3 is 15.4 Å². The van der Waals surface area contributed by atoms with Crippen LogP contribution in [0.1, 0.15) is 31.2 Å². The first-order chi connectivity index (χ1) is 10.7. The van der Waals surface area contributed by atoms with E-state index in [4.69, 9.17) is 10.5 Å². The van der Waals surface area contributed by atoms with Crippen molar-refractivity contribution < 1.29 is 13.9 Å². The number of halogens is 2. The number of nitrogens with two attached hydrogens (primary N) is 1. The van der Waals surface area contributed by atoms with Crippen LogP contribution in [0.5, 0.6) is 0 Å². The van der Waals surface area contributed by atoms with Gasteiger partial charge >= 0.3 is 0 Å². The summed E-state index contributed by atoms with van der Waals surface area (Å²) >= 11 is 0. The van der Waals surface area contributed by atoms with E-state index in [-0.39, 0.29) is 36.3 Å². The predicted molar refractivity (Wildman–Crippen MR) is 88.7 cm³/mol. The summed E-state index contributed by atoms with van der Waals surface area (Å²) in [6, 6.07) is 6.35. The summed E-state index contributed by atoms with van der Waals surface area (Å²) in [5.74, 6) is 0.400. The van der Waals surface area contributed by atoms with Gasteiger partial charge in [0.1, 0.15) is 11.9 Å².